The zero-order valence-corrected chi connectivity index (χ0v) is 18.2. The Morgan fingerprint density at radius 1 is 1.00 bits per heavy atom. The highest BCUT2D eigenvalue weighted by atomic mass is 16.5. The van der Waals surface area contributed by atoms with Crippen molar-refractivity contribution >= 4 is 11.5 Å². The standard InChI is InChI=1S/C26H24N2O4/c1-16-8-10-17(11-9-16)25(29)26-28-21(19-6-4-5-7-22(19)32-26)15-20(27-28)18-12-13-23(30-2)24(14-18)31-3/h4-14,21,26H,15H2,1-3H3/t21-,26+/m1/s1. The molecule has 2 aliphatic heterocycles. The van der Waals surface area contributed by atoms with Gasteiger partial charge in [0.25, 0.3) is 6.23 Å². The molecule has 0 unspecified atom stereocenters. The van der Waals surface area contributed by atoms with E-state index in [1.807, 2.05) is 73.7 Å². The second-order valence-electron chi connectivity index (χ2n) is 7.95. The van der Waals surface area contributed by atoms with Gasteiger partial charge in [0, 0.05) is 23.1 Å². The second kappa shape index (κ2) is 8.04. The van der Waals surface area contributed by atoms with E-state index in [2.05, 4.69) is 0 Å². The van der Waals surface area contributed by atoms with Gasteiger partial charge < -0.3 is 14.2 Å². The molecule has 162 valence electrons. The fourth-order valence-electron chi connectivity index (χ4n) is 4.26. The molecule has 0 amide bonds. The molecular formula is C26H24N2O4. The van der Waals surface area contributed by atoms with Crippen molar-refractivity contribution in [3.05, 3.63) is 89.0 Å². The highest BCUT2D eigenvalue weighted by molar-refractivity contribution is 6.04. The predicted octanol–water partition coefficient (Wildman–Crippen LogP) is 4.76. The number of benzene rings is 3. The Morgan fingerprint density at radius 2 is 1.75 bits per heavy atom. The number of hydrogen-bond donors (Lipinski definition) is 0. The van der Waals surface area contributed by atoms with E-state index in [9.17, 15) is 4.79 Å². The number of Topliss-reactive ketones (excluding diaryl/α,β-unsaturated/α-hetero) is 1. The van der Waals surface area contributed by atoms with Gasteiger partial charge in [-0.1, -0.05) is 48.0 Å². The van der Waals surface area contributed by atoms with Crippen LogP contribution < -0.4 is 14.2 Å². The van der Waals surface area contributed by atoms with E-state index in [1.54, 1.807) is 19.2 Å². The SMILES string of the molecule is COc1ccc(C2=NN3[C@H](C2)c2ccccc2O[C@H]3C(=O)c2ccc(C)cc2)cc1OC. The Kier molecular flexibility index (Phi) is 5.05. The van der Waals surface area contributed by atoms with Crippen molar-refractivity contribution in [2.24, 2.45) is 5.10 Å². The molecule has 3 aromatic carbocycles. The number of rotatable bonds is 5. The molecule has 0 N–H and O–H groups in total. The Labute approximate surface area is 187 Å². The van der Waals surface area contributed by atoms with Gasteiger partial charge in [0.1, 0.15) is 5.75 Å². The molecule has 2 atom stereocenters. The molecule has 0 spiro atoms. The van der Waals surface area contributed by atoms with Crippen molar-refractivity contribution in [3.63, 3.8) is 0 Å². The van der Waals surface area contributed by atoms with Gasteiger partial charge in [-0.15, -0.1) is 0 Å². The third kappa shape index (κ3) is 3.38. The van der Waals surface area contributed by atoms with Crippen molar-refractivity contribution in [1.29, 1.82) is 0 Å². The van der Waals surface area contributed by atoms with Crippen LogP contribution in [0.25, 0.3) is 0 Å². The fourth-order valence-corrected chi connectivity index (χ4v) is 4.26. The van der Waals surface area contributed by atoms with Crippen LogP contribution in [-0.4, -0.2) is 37.0 Å². The maximum Gasteiger partial charge on any atom is 0.251 e. The summed E-state index contributed by atoms with van der Waals surface area (Å²) in [6.07, 6.45) is -0.164. The van der Waals surface area contributed by atoms with Crippen molar-refractivity contribution < 1.29 is 19.0 Å². The number of nitrogens with zero attached hydrogens (tertiary/aromatic N) is 2. The van der Waals surface area contributed by atoms with E-state index in [0.29, 0.717) is 23.5 Å². The zero-order valence-electron chi connectivity index (χ0n) is 18.2. The lowest BCUT2D eigenvalue weighted by Crippen LogP contribution is -2.45. The van der Waals surface area contributed by atoms with Gasteiger partial charge in [-0.2, -0.15) is 5.10 Å². The van der Waals surface area contributed by atoms with Gasteiger partial charge >= 0.3 is 0 Å². The quantitative estimate of drug-likeness (QED) is 0.548. The molecule has 6 nitrogen and oxygen atoms in total. The van der Waals surface area contributed by atoms with Crippen LogP contribution in [0.5, 0.6) is 17.2 Å². The van der Waals surface area contributed by atoms with Crippen LogP contribution in [-0.2, 0) is 0 Å². The minimum atomic E-state index is -0.824. The summed E-state index contributed by atoms with van der Waals surface area (Å²) >= 11 is 0. The van der Waals surface area contributed by atoms with Crippen molar-refractivity contribution in [2.45, 2.75) is 25.6 Å². The molecule has 0 fully saturated rings. The number of para-hydroxylation sites is 1. The average Bonchev–Trinajstić information content (AvgIpc) is 3.29. The van der Waals surface area contributed by atoms with Crippen LogP contribution >= 0.6 is 0 Å². The summed E-state index contributed by atoms with van der Waals surface area (Å²) in [6, 6.07) is 21.1. The zero-order chi connectivity index (χ0) is 22.2. The number of carbonyl (C=O) groups excluding carboxylic acids is 1. The van der Waals surface area contributed by atoms with E-state index >= 15 is 0 Å². The third-order valence-corrected chi connectivity index (χ3v) is 5.98. The number of methoxy groups -OCH3 is 2. The minimum Gasteiger partial charge on any atom is -0.493 e. The smallest absolute Gasteiger partial charge is 0.251 e. The fraction of sp³-hybridized carbons (Fsp3) is 0.231. The molecule has 0 aliphatic carbocycles. The molecule has 3 aromatic rings. The largest absolute Gasteiger partial charge is 0.493 e. The molecular weight excluding hydrogens is 404 g/mol. The normalized spacial score (nSPS) is 18.8. The van der Waals surface area contributed by atoms with Crippen LogP contribution in [0.15, 0.2) is 71.8 Å². The summed E-state index contributed by atoms with van der Waals surface area (Å²) < 4.78 is 17.0. The van der Waals surface area contributed by atoms with Gasteiger partial charge in [-0.05, 0) is 31.2 Å². The minimum absolute atomic E-state index is 0.0811. The average molecular weight is 428 g/mol. The molecule has 0 radical (unpaired) electrons. The van der Waals surface area contributed by atoms with Crippen LogP contribution in [0.2, 0.25) is 0 Å². The highest BCUT2D eigenvalue weighted by Crippen LogP contribution is 2.44. The lowest BCUT2D eigenvalue weighted by atomic mass is 9.95. The molecule has 2 aliphatic rings. The van der Waals surface area contributed by atoms with Crippen LogP contribution in [0.1, 0.15) is 39.5 Å². The van der Waals surface area contributed by atoms with Gasteiger partial charge in [0.2, 0.25) is 5.78 Å². The monoisotopic (exact) mass is 428 g/mol. The first-order valence-corrected chi connectivity index (χ1v) is 10.5. The van der Waals surface area contributed by atoms with Crippen LogP contribution in [0.3, 0.4) is 0 Å². The van der Waals surface area contributed by atoms with Crippen molar-refractivity contribution in [2.75, 3.05) is 14.2 Å². The second-order valence-corrected chi connectivity index (χ2v) is 7.95. The third-order valence-electron chi connectivity index (χ3n) is 5.98. The van der Waals surface area contributed by atoms with Crippen molar-refractivity contribution in [1.82, 2.24) is 5.01 Å². The lowest BCUT2D eigenvalue weighted by molar-refractivity contribution is -0.00455. The molecule has 6 heteroatoms. The summed E-state index contributed by atoms with van der Waals surface area (Å²) in [4.78, 5) is 13.4. The first-order valence-electron chi connectivity index (χ1n) is 10.5. The highest BCUT2D eigenvalue weighted by Gasteiger charge is 2.43. The topological polar surface area (TPSA) is 60.4 Å². The lowest BCUT2D eigenvalue weighted by Gasteiger charge is -2.37. The van der Waals surface area contributed by atoms with Crippen LogP contribution in [0, 0.1) is 6.92 Å². The molecule has 0 bridgehead atoms. The summed E-state index contributed by atoms with van der Waals surface area (Å²) in [5.74, 6) is 1.92. The number of hydrazone groups is 1. The summed E-state index contributed by atoms with van der Waals surface area (Å²) in [5, 5.41) is 6.67. The number of ketones is 1. The van der Waals surface area contributed by atoms with E-state index in [1.165, 1.54) is 0 Å². The van der Waals surface area contributed by atoms with E-state index in [0.717, 1.165) is 28.2 Å². The van der Waals surface area contributed by atoms with E-state index in [-0.39, 0.29) is 11.8 Å². The Bertz CT molecular complexity index is 1200. The number of aryl methyl sites for hydroxylation is 1. The van der Waals surface area contributed by atoms with Crippen LogP contribution in [0.4, 0.5) is 0 Å². The summed E-state index contributed by atoms with van der Waals surface area (Å²) in [5.41, 5.74) is 4.53. The maximum absolute atomic E-state index is 13.4. The Hall–Kier alpha value is -3.80. The van der Waals surface area contributed by atoms with E-state index in [4.69, 9.17) is 19.3 Å². The van der Waals surface area contributed by atoms with Gasteiger partial charge in [0.05, 0.1) is 26.0 Å². The molecule has 0 aromatic heterocycles. The summed E-state index contributed by atoms with van der Waals surface area (Å²) in [6.45, 7) is 2.00. The number of carbonyl (C=O) groups is 1. The predicted molar refractivity (Wildman–Crippen MR) is 122 cm³/mol. The molecule has 5 rings (SSSR count). The number of hydrogen-bond acceptors (Lipinski definition) is 6. The molecule has 0 saturated carbocycles. The number of fused-ring (bicyclic) bond motifs is 3. The first kappa shape index (κ1) is 20.1. The molecule has 0 saturated heterocycles. The molecule has 32 heavy (non-hydrogen) atoms. The maximum atomic E-state index is 13.4. The van der Waals surface area contributed by atoms with Gasteiger partial charge in [-0.25, -0.2) is 5.01 Å². The van der Waals surface area contributed by atoms with Crippen molar-refractivity contribution in [3.8, 4) is 17.2 Å². The molecule has 2 heterocycles. The van der Waals surface area contributed by atoms with Gasteiger partial charge in [-0.3, -0.25) is 4.79 Å². The number of ether oxygens (including phenoxy) is 3. The summed E-state index contributed by atoms with van der Waals surface area (Å²) in [7, 11) is 3.22. The van der Waals surface area contributed by atoms with Gasteiger partial charge in [0.15, 0.2) is 11.5 Å². The van der Waals surface area contributed by atoms with E-state index < -0.39 is 6.23 Å². The Morgan fingerprint density at radius 3 is 2.50 bits per heavy atom. The Balaban J connectivity index is 1.55. The first-order chi connectivity index (χ1) is 15.6.